The summed E-state index contributed by atoms with van der Waals surface area (Å²) >= 11 is 6.00. The molecule has 0 aliphatic rings. The molecule has 0 fully saturated rings. The molecule has 0 saturated carbocycles. The number of methoxy groups -OCH3 is 1. The van der Waals surface area contributed by atoms with E-state index in [0.29, 0.717) is 5.02 Å². The zero-order valence-electron chi connectivity index (χ0n) is 8.87. The number of carbonyl (C=O) groups excluding carboxylic acids is 1. The molecule has 0 aliphatic heterocycles. The van der Waals surface area contributed by atoms with E-state index in [0.717, 1.165) is 16.3 Å². The van der Waals surface area contributed by atoms with Crippen molar-refractivity contribution in [3.05, 3.63) is 47.0 Å². The number of carbonyl (C=O) groups is 1. The smallest absolute Gasteiger partial charge is 0.310 e. The summed E-state index contributed by atoms with van der Waals surface area (Å²) in [6, 6.07) is 11.5. The van der Waals surface area contributed by atoms with Crippen LogP contribution in [0.2, 0.25) is 5.02 Å². The van der Waals surface area contributed by atoms with E-state index in [4.69, 9.17) is 11.6 Å². The second-order valence-electron chi connectivity index (χ2n) is 3.54. The summed E-state index contributed by atoms with van der Waals surface area (Å²) in [6.07, 6.45) is 0.248. The molecule has 0 amide bonds. The Labute approximate surface area is 98.8 Å². The highest BCUT2D eigenvalue weighted by molar-refractivity contribution is 6.31. The molecule has 0 aromatic heterocycles. The number of ether oxygens (including phenoxy) is 1. The molecule has 0 bridgehead atoms. The number of halogens is 1. The van der Waals surface area contributed by atoms with Gasteiger partial charge in [-0.1, -0.05) is 35.9 Å². The molecular formula is C13H11ClO2. The van der Waals surface area contributed by atoms with Crippen LogP contribution in [0.5, 0.6) is 0 Å². The van der Waals surface area contributed by atoms with Crippen molar-refractivity contribution in [3.63, 3.8) is 0 Å². The third kappa shape index (κ3) is 2.17. The maximum atomic E-state index is 11.3. The Bertz CT molecular complexity index is 534. The molecule has 2 aromatic rings. The summed E-state index contributed by atoms with van der Waals surface area (Å²) in [5.74, 6) is -0.257. The molecule has 0 N–H and O–H groups in total. The number of esters is 1. The van der Waals surface area contributed by atoms with E-state index in [1.165, 1.54) is 7.11 Å². The van der Waals surface area contributed by atoms with Crippen molar-refractivity contribution in [2.24, 2.45) is 0 Å². The van der Waals surface area contributed by atoms with Gasteiger partial charge in [0, 0.05) is 5.02 Å². The van der Waals surface area contributed by atoms with Crippen LogP contribution in [0.4, 0.5) is 0 Å². The lowest BCUT2D eigenvalue weighted by molar-refractivity contribution is -0.139. The standard InChI is InChI=1S/C13H11ClO2/c1-16-13(15)8-10-7-11(14)6-9-4-2-3-5-12(9)10/h2-7H,8H2,1H3. The monoisotopic (exact) mass is 234 g/mol. The molecule has 0 unspecified atom stereocenters. The molecule has 0 aliphatic carbocycles. The Morgan fingerprint density at radius 1 is 1.31 bits per heavy atom. The fourth-order valence-electron chi connectivity index (χ4n) is 1.72. The zero-order chi connectivity index (χ0) is 11.5. The third-order valence-electron chi connectivity index (χ3n) is 2.47. The van der Waals surface area contributed by atoms with E-state index in [1.54, 1.807) is 6.07 Å². The summed E-state index contributed by atoms with van der Waals surface area (Å²) in [7, 11) is 1.38. The van der Waals surface area contributed by atoms with E-state index in [9.17, 15) is 4.79 Å². The Morgan fingerprint density at radius 3 is 2.81 bits per heavy atom. The van der Waals surface area contributed by atoms with Crippen LogP contribution in [0.25, 0.3) is 10.8 Å². The Hall–Kier alpha value is -1.54. The number of hydrogen-bond acceptors (Lipinski definition) is 2. The fraction of sp³-hybridized carbons (Fsp3) is 0.154. The van der Waals surface area contributed by atoms with Crippen molar-refractivity contribution in [2.45, 2.75) is 6.42 Å². The largest absolute Gasteiger partial charge is 0.469 e. The Balaban J connectivity index is 2.54. The lowest BCUT2D eigenvalue weighted by Crippen LogP contribution is -2.04. The summed E-state index contributed by atoms with van der Waals surface area (Å²) in [5.41, 5.74) is 0.898. The molecule has 3 heteroatoms. The van der Waals surface area contributed by atoms with Gasteiger partial charge in [-0.3, -0.25) is 4.79 Å². The molecule has 0 saturated heterocycles. The highest BCUT2D eigenvalue weighted by atomic mass is 35.5. The summed E-state index contributed by atoms with van der Waals surface area (Å²) in [4.78, 5) is 11.3. The van der Waals surface area contributed by atoms with Gasteiger partial charge >= 0.3 is 5.97 Å². The maximum absolute atomic E-state index is 11.3. The van der Waals surface area contributed by atoms with Crippen LogP contribution in [0.1, 0.15) is 5.56 Å². The van der Waals surface area contributed by atoms with Crippen LogP contribution in [0, 0.1) is 0 Å². The molecule has 0 spiro atoms. The maximum Gasteiger partial charge on any atom is 0.310 e. The number of rotatable bonds is 2. The van der Waals surface area contributed by atoms with Crippen molar-refractivity contribution in [1.82, 2.24) is 0 Å². The van der Waals surface area contributed by atoms with E-state index in [2.05, 4.69) is 4.74 Å². The van der Waals surface area contributed by atoms with Crippen molar-refractivity contribution in [2.75, 3.05) is 7.11 Å². The van der Waals surface area contributed by atoms with Gasteiger partial charge in [-0.2, -0.15) is 0 Å². The van der Waals surface area contributed by atoms with Gasteiger partial charge in [-0.15, -0.1) is 0 Å². The Kier molecular flexibility index (Phi) is 3.11. The quantitative estimate of drug-likeness (QED) is 0.746. The molecule has 16 heavy (non-hydrogen) atoms. The van der Waals surface area contributed by atoms with Crippen LogP contribution < -0.4 is 0 Å². The minimum atomic E-state index is -0.257. The minimum absolute atomic E-state index is 0.248. The van der Waals surface area contributed by atoms with Crippen LogP contribution in [0.3, 0.4) is 0 Å². The van der Waals surface area contributed by atoms with E-state index >= 15 is 0 Å². The molecule has 0 heterocycles. The van der Waals surface area contributed by atoms with Gasteiger partial charge in [0.1, 0.15) is 0 Å². The predicted octanol–water partition coefficient (Wildman–Crippen LogP) is 3.21. The third-order valence-corrected chi connectivity index (χ3v) is 2.69. The van der Waals surface area contributed by atoms with Crippen molar-refractivity contribution < 1.29 is 9.53 Å². The summed E-state index contributed by atoms with van der Waals surface area (Å²) in [6.45, 7) is 0. The molecule has 0 radical (unpaired) electrons. The van der Waals surface area contributed by atoms with Gasteiger partial charge in [0.05, 0.1) is 13.5 Å². The fourth-order valence-corrected chi connectivity index (χ4v) is 1.97. The zero-order valence-corrected chi connectivity index (χ0v) is 9.62. The topological polar surface area (TPSA) is 26.3 Å². The van der Waals surface area contributed by atoms with Gasteiger partial charge in [-0.25, -0.2) is 0 Å². The first-order chi connectivity index (χ1) is 7.70. The highest BCUT2D eigenvalue weighted by Gasteiger charge is 2.07. The van der Waals surface area contributed by atoms with Crippen LogP contribution in [-0.4, -0.2) is 13.1 Å². The summed E-state index contributed by atoms with van der Waals surface area (Å²) < 4.78 is 4.66. The van der Waals surface area contributed by atoms with E-state index < -0.39 is 0 Å². The SMILES string of the molecule is COC(=O)Cc1cc(Cl)cc2ccccc12. The van der Waals surface area contributed by atoms with E-state index in [1.807, 2.05) is 30.3 Å². The predicted molar refractivity (Wildman–Crippen MR) is 64.7 cm³/mol. The second kappa shape index (κ2) is 4.54. The number of hydrogen-bond donors (Lipinski definition) is 0. The van der Waals surface area contributed by atoms with Crippen molar-refractivity contribution >= 4 is 28.3 Å². The van der Waals surface area contributed by atoms with E-state index in [-0.39, 0.29) is 12.4 Å². The van der Waals surface area contributed by atoms with Crippen molar-refractivity contribution in [1.29, 1.82) is 0 Å². The van der Waals surface area contributed by atoms with Crippen LogP contribution in [-0.2, 0) is 16.0 Å². The lowest BCUT2D eigenvalue weighted by atomic mass is 10.0. The molecule has 82 valence electrons. The molecule has 2 nitrogen and oxygen atoms in total. The van der Waals surface area contributed by atoms with Gasteiger partial charge in [-0.05, 0) is 28.5 Å². The number of benzene rings is 2. The lowest BCUT2D eigenvalue weighted by Gasteiger charge is -2.06. The summed E-state index contributed by atoms with van der Waals surface area (Å²) in [5, 5.41) is 2.71. The molecule has 2 rings (SSSR count). The van der Waals surface area contributed by atoms with Crippen LogP contribution in [0.15, 0.2) is 36.4 Å². The number of fused-ring (bicyclic) bond motifs is 1. The van der Waals surface area contributed by atoms with Crippen molar-refractivity contribution in [3.8, 4) is 0 Å². The Morgan fingerprint density at radius 2 is 2.06 bits per heavy atom. The van der Waals surface area contributed by atoms with Gasteiger partial charge < -0.3 is 4.74 Å². The molecule has 0 atom stereocenters. The van der Waals surface area contributed by atoms with Crippen LogP contribution >= 0.6 is 11.6 Å². The second-order valence-corrected chi connectivity index (χ2v) is 3.98. The molecule has 2 aromatic carbocycles. The first-order valence-corrected chi connectivity index (χ1v) is 5.32. The van der Waals surface area contributed by atoms with Gasteiger partial charge in [0.15, 0.2) is 0 Å². The average Bonchev–Trinajstić information content (AvgIpc) is 2.28. The normalized spacial score (nSPS) is 10.4. The van der Waals surface area contributed by atoms with Gasteiger partial charge in [0.2, 0.25) is 0 Å². The minimum Gasteiger partial charge on any atom is -0.469 e. The first-order valence-electron chi connectivity index (χ1n) is 4.94. The highest BCUT2D eigenvalue weighted by Crippen LogP contribution is 2.24. The first kappa shape index (κ1) is 11.0. The van der Waals surface area contributed by atoms with Gasteiger partial charge in [0.25, 0.3) is 0 Å². The molecular weight excluding hydrogens is 224 g/mol. The average molecular weight is 235 g/mol.